The van der Waals surface area contributed by atoms with Crippen LogP contribution in [0.15, 0.2) is 12.2 Å². The van der Waals surface area contributed by atoms with Crippen molar-refractivity contribution in [3.63, 3.8) is 0 Å². The Bertz CT molecular complexity index is 1380. The van der Waals surface area contributed by atoms with E-state index in [9.17, 15) is 24.6 Å². The molecule has 3 saturated heterocycles. The minimum atomic E-state index is -1.96. The van der Waals surface area contributed by atoms with Gasteiger partial charge in [-0.2, -0.15) is 0 Å². The van der Waals surface area contributed by atoms with E-state index in [4.69, 9.17) is 23.7 Å². The zero-order chi connectivity index (χ0) is 32.5. The van der Waals surface area contributed by atoms with E-state index in [0.29, 0.717) is 25.7 Å². The van der Waals surface area contributed by atoms with Crippen LogP contribution in [0.1, 0.15) is 85.5 Å². The Balaban J connectivity index is 1.14. The molecule has 254 valence electrons. The number of nitrogens with one attached hydrogen (secondary N) is 1. The summed E-state index contributed by atoms with van der Waals surface area (Å²) in [7, 11) is 0. The lowest BCUT2D eigenvalue weighted by molar-refractivity contribution is -0.492. The van der Waals surface area contributed by atoms with E-state index in [-0.39, 0.29) is 72.2 Å². The third-order valence-electron chi connectivity index (χ3n) is 13.9. The summed E-state index contributed by atoms with van der Waals surface area (Å²) >= 11 is 1.34. The van der Waals surface area contributed by atoms with Crippen LogP contribution in [0.2, 0.25) is 0 Å². The molecule has 0 bridgehead atoms. The molecule has 4 aliphatic heterocycles. The molecule has 0 aromatic heterocycles. The summed E-state index contributed by atoms with van der Waals surface area (Å²) in [5.41, 5.74) is -1.89. The maximum atomic E-state index is 12.8. The van der Waals surface area contributed by atoms with Crippen LogP contribution in [0.3, 0.4) is 0 Å². The first kappa shape index (κ1) is 31.6. The van der Waals surface area contributed by atoms with Crippen molar-refractivity contribution >= 4 is 29.6 Å². The zero-order valence-electron chi connectivity index (χ0n) is 27.1. The summed E-state index contributed by atoms with van der Waals surface area (Å²) in [6.07, 6.45) is 8.00. The van der Waals surface area contributed by atoms with Crippen LogP contribution in [0.4, 0.5) is 0 Å². The average molecular weight is 662 g/mol. The SMILES string of the molecule is CC(=O)OCC12CC3OC4(O)C(C)(OC(C)CC45NC(=O)CS5)OC3CC1CCC1C2CCC2(C)C(C3C=CC(=O)O3)CCC12O. The van der Waals surface area contributed by atoms with Crippen LogP contribution in [-0.2, 0) is 38.1 Å². The van der Waals surface area contributed by atoms with Crippen molar-refractivity contribution in [2.75, 3.05) is 12.4 Å². The smallest absolute Gasteiger partial charge is 0.331 e. The summed E-state index contributed by atoms with van der Waals surface area (Å²) in [5, 5.41) is 28.3. The minimum Gasteiger partial charge on any atom is -0.465 e. The van der Waals surface area contributed by atoms with Crippen LogP contribution in [0.5, 0.6) is 0 Å². The number of esters is 2. The number of amides is 1. The minimum absolute atomic E-state index is 0.0324. The first-order valence-corrected chi connectivity index (χ1v) is 18.1. The predicted molar refractivity (Wildman–Crippen MR) is 164 cm³/mol. The first-order chi connectivity index (χ1) is 21.7. The molecule has 3 N–H and O–H groups in total. The van der Waals surface area contributed by atoms with Gasteiger partial charge in [0.15, 0.2) is 0 Å². The molecule has 1 spiro atoms. The Morgan fingerprint density at radius 3 is 2.50 bits per heavy atom. The molecule has 8 aliphatic rings. The van der Waals surface area contributed by atoms with Crippen molar-refractivity contribution in [2.24, 2.45) is 34.5 Å². The number of ether oxygens (including phenoxy) is 5. The molecule has 14 unspecified atom stereocenters. The van der Waals surface area contributed by atoms with Gasteiger partial charge in [0.2, 0.25) is 11.7 Å². The van der Waals surface area contributed by atoms with Crippen LogP contribution < -0.4 is 5.32 Å². The number of carbonyl (C=O) groups excluding carboxylic acids is 3. The Kier molecular flexibility index (Phi) is 6.97. The Hall–Kier alpha value is -1.70. The number of hydrogen-bond donors (Lipinski definition) is 3. The molecule has 8 rings (SSSR count). The maximum Gasteiger partial charge on any atom is 0.331 e. The highest BCUT2D eigenvalue weighted by atomic mass is 32.2. The second kappa shape index (κ2) is 10.2. The molecule has 0 aromatic carbocycles. The van der Waals surface area contributed by atoms with Gasteiger partial charge in [0.25, 0.3) is 5.79 Å². The Morgan fingerprint density at radius 2 is 1.80 bits per heavy atom. The number of hydrogen-bond acceptors (Lipinski definition) is 11. The van der Waals surface area contributed by atoms with Crippen molar-refractivity contribution in [3.8, 4) is 0 Å². The fraction of sp³-hybridized carbons (Fsp3) is 0.853. The van der Waals surface area contributed by atoms with Gasteiger partial charge in [-0.15, -0.1) is 11.8 Å². The van der Waals surface area contributed by atoms with Gasteiger partial charge in [-0.1, -0.05) is 6.92 Å². The highest BCUT2D eigenvalue weighted by Gasteiger charge is 2.76. The summed E-state index contributed by atoms with van der Waals surface area (Å²) < 4.78 is 31.4. The standard InChI is InChI=1S/C34H47NO10S/c1-18-14-33(35-27(37)16-46-33)34(40)30(4,43-18)44-25-13-20-5-6-22-21(31(20,15-26(25)45-34)17-41-19(2)36)9-11-29(3)23(10-12-32(22,29)39)24-7-8-28(38)42-24/h7-8,18,20-26,39-40H,5-6,9-17H2,1-4H3,(H,35,37). The molecular weight excluding hydrogens is 614 g/mol. The van der Waals surface area contributed by atoms with Gasteiger partial charge in [0, 0.05) is 36.2 Å². The van der Waals surface area contributed by atoms with Crippen molar-refractivity contribution < 1.29 is 48.3 Å². The monoisotopic (exact) mass is 661 g/mol. The normalized spacial score (nSPS) is 55.4. The van der Waals surface area contributed by atoms with Gasteiger partial charge >= 0.3 is 11.9 Å². The van der Waals surface area contributed by atoms with E-state index in [1.165, 1.54) is 24.8 Å². The van der Waals surface area contributed by atoms with Crippen LogP contribution in [0.25, 0.3) is 0 Å². The lowest BCUT2D eigenvalue weighted by atomic mass is 9.42. The molecule has 46 heavy (non-hydrogen) atoms. The van der Waals surface area contributed by atoms with E-state index in [1.54, 1.807) is 6.92 Å². The fourth-order valence-electron chi connectivity index (χ4n) is 11.9. The molecule has 12 heteroatoms. The predicted octanol–water partition coefficient (Wildman–Crippen LogP) is 2.95. The van der Waals surface area contributed by atoms with E-state index in [2.05, 4.69) is 12.2 Å². The number of fused-ring (bicyclic) bond motifs is 8. The van der Waals surface area contributed by atoms with Crippen molar-refractivity contribution in [1.29, 1.82) is 0 Å². The number of cyclic esters (lactones) is 1. The summed E-state index contributed by atoms with van der Waals surface area (Å²) in [5.74, 6) is -3.89. The van der Waals surface area contributed by atoms with E-state index in [1.807, 2.05) is 13.0 Å². The maximum absolute atomic E-state index is 12.8. The molecule has 11 nitrogen and oxygen atoms in total. The van der Waals surface area contributed by atoms with Gasteiger partial charge < -0.3 is 39.2 Å². The lowest BCUT2D eigenvalue weighted by Gasteiger charge is -2.67. The summed E-state index contributed by atoms with van der Waals surface area (Å²) in [4.78, 5) is 35.8. The molecule has 14 atom stereocenters. The number of thioether (sulfide) groups is 1. The van der Waals surface area contributed by atoms with Crippen molar-refractivity contribution in [1.82, 2.24) is 5.32 Å². The van der Waals surface area contributed by atoms with Crippen LogP contribution in [-0.4, -0.2) is 86.9 Å². The largest absolute Gasteiger partial charge is 0.465 e. The van der Waals surface area contributed by atoms with Gasteiger partial charge in [0.05, 0.1) is 36.3 Å². The zero-order valence-corrected chi connectivity index (χ0v) is 27.9. The van der Waals surface area contributed by atoms with Gasteiger partial charge in [-0.25, -0.2) is 4.79 Å². The third kappa shape index (κ3) is 4.06. The molecule has 7 fully saturated rings. The van der Waals surface area contributed by atoms with Gasteiger partial charge in [-0.3, -0.25) is 9.59 Å². The van der Waals surface area contributed by atoms with Crippen molar-refractivity contribution in [3.05, 3.63) is 12.2 Å². The van der Waals surface area contributed by atoms with Gasteiger partial charge in [-0.05, 0) is 89.0 Å². The highest BCUT2D eigenvalue weighted by molar-refractivity contribution is 8.01. The Morgan fingerprint density at radius 1 is 1.02 bits per heavy atom. The third-order valence-corrected chi connectivity index (χ3v) is 15.3. The molecule has 1 amide bonds. The van der Waals surface area contributed by atoms with E-state index < -0.39 is 39.0 Å². The first-order valence-electron chi connectivity index (χ1n) is 17.1. The quantitative estimate of drug-likeness (QED) is 0.303. The molecular formula is C34H47NO10S. The van der Waals surface area contributed by atoms with E-state index >= 15 is 0 Å². The molecule has 4 aliphatic carbocycles. The van der Waals surface area contributed by atoms with E-state index in [0.717, 1.165) is 32.1 Å². The molecule has 4 heterocycles. The lowest BCUT2D eigenvalue weighted by Crippen LogP contribution is -2.81. The average Bonchev–Trinajstić information content (AvgIpc) is 3.66. The highest BCUT2D eigenvalue weighted by Crippen LogP contribution is 2.71. The second-order valence-electron chi connectivity index (χ2n) is 15.9. The number of carbonyl (C=O) groups is 3. The number of rotatable bonds is 3. The molecule has 4 saturated carbocycles. The Labute approximate surface area is 273 Å². The van der Waals surface area contributed by atoms with Crippen LogP contribution >= 0.6 is 11.8 Å². The van der Waals surface area contributed by atoms with Gasteiger partial charge in [0.1, 0.15) is 11.0 Å². The fourth-order valence-corrected chi connectivity index (χ4v) is 13.3. The summed E-state index contributed by atoms with van der Waals surface area (Å²) in [6, 6.07) is 0. The molecule has 0 radical (unpaired) electrons. The van der Waals surface area contributed by atoms with Crippen molar-refractivity contribution in [2.45, 2.75) is 132 Å². The van der Waals surface area contributed by atoms with Crippen LogP contribution in [0, 0.1) is 34.5 Å². The summed E-state index contributed by atoms with van der Waals surface area (Å²) in [6.45, 7) is 7.45. The second-order valence-corrected chi connectivity index (χ2v) is 17.2. The molecule has 0 aromatic rings. The number of aliphatic hydroxyl groups is 2. The topological polar surface area (TPSA) is 150 Å².